The minimum absolute atomic E-state index is 0.389. The fourth-order valence-corrected chi connectivity index (χ4v) is 1.90. The highest BCUT2D eigenvalue weighted by Gasteiger charge is 2.40. The summed E-state index contributed by atoms with van der Waals surface area (Å²) in [5.41, 5.74) is 4.70. The van der Waals surface area contributed by atoms with Crippen LogP contribution in [0.1, 0.15) is 11.1 Å². The van der Waals surface area contributed by atoms with Crippen molar-refractivity contribution in [3.63, 3.8) is 0 Å². The van der Waals surface area contributed by atoms with E-state index in [4.69, 9.17) is 11.5 Å². The van der Waals surface area contributed by atoms with Gasteiger partial charge in [0, 0.05) is 5.56 Å². The Morgan fingerprint density at radius 3 is 2.00 bits per heavy atom. The first-order valence-corrected chi connectivity index (χ1v) is 5.79. The molecule has 0 unspecified atom stereocenters. The van der Waals surface area contributed by atoms with E-state index in [0.717, 1.165) is 6.07 Å². The van der Waals surface area contributed by atoms with Crippen molar-refractivity contribution in [3.8, 4) is 11.3 Å². The van der Waals surface area contributed by atoms with Gasteiger partial charge < -0.3 is 11.5 Å². The molecule has 0 saturated heterocycles. The molecule has 0 aliphatic rings. The number of rotatable bonds is 1. The highest BCUT2D eigenvalue weighted by Crippen LogP contribution is 2.42. The summed E-state index contributed by atoms with van der Waals surface area (Å²) in [4.78, 5) is 6.32. The van der Waals surface area contributed by atoms with Crippen molar-refractivity contribution in [2.24, 2.45) is 0 Å². The van der Waals surface area contributed by atoms with E-state index in [2.05, 4.69) is 9.97 Å². The highest BCUT2D eigenvalue weighted by atomic mass is 19.4. The van der Waals surface area contributed by atoms with E-state index in [1.54, 1.807) is 0 Å². The van der Waals surface area contributed by atoms with Crippen LogP contribution in [0.3, 0.4) is 0 Å². The summed E-state index contributed by atoms with van der Waals surface area (Å²) in [7, 11) is 0. The molecule has 0 radical (unpaired) electrons. The van der Waals surface area contributed by atoms with Crippen molar-refractivity contribution in [3.05, 3.63) is 35.1 Å². The lowest BCUT2D eigenvalue weighted by Gasteiger charge is -2.16. The van der Waals surface area contributed by atoms with Crippen LogP contribution < -0.4 is 11.5 Å². The van der Waals surface area contributed by atoms with Crippen molar-refractivity contribution in [2.45, 2.75) is 12.4 Å². The maximum absolute atomic E-state index is 14.1. The van der Waals surface area contributed by atoms with E-state index < -0.39 is 52.3 Å². The van der Waals surface area contributed by atoms with Gasteiger partial charge in [-0.05, 0) is 12.1 Å². The quantitative estimate of drug-likeness (QED) is 0.779. The largest absolute Gasteiger partial charge is 0.422 e. The summed E-state index contributed by atoms with van der Waals surface area (Å²) in [6.07, 6.45) is -10.2. The molecule has 0 bridgehead atoms. The molecule has 4 nitrogen and oxygen atoms in total. The Bertz CT molecular complexity index is 752. The van der Waals surface area contributed by atoms with Crippen LogP contribution in [0, 0.1) is 5.82 Å². The predicted octanol–water partition coefficient (Wildman–Crippen LogP) is 3.48. The van der Waals surface area contributed by atoms with Crippen molar-refractivity contribution in [2.75, 3.05) is 11.5 Å². The Hall–Kier alpha value is -2.59. The second kappa shape index (κ2) is 5.25. The van der Waals surface area contributed by atoms with E-state index in [-0.39, 0.29) is 0 Å². The molecule has 23 heavy (non-hydrogen) atoms. The molecule has 0 saturated carbocycles. The molecule has 0 fully saturated rings. The van der Waals surface area contributed by atoms with Gasteiger partial charge in [0.25, 0.3) is 0 Å². The van der Waals surface area contributed by atoms with Gasteiger partial charge >= 0.3 is 12.4 Å². The van der Waals surface area contributed by atoms with Gasteiger partial charge in [0.1, 0.15) is 17.2 Å². The second-order valence-corrected chi connectivity index (χ2v) is 4.35. The lowest BCUT2D eigenvalue weighted by atomic mass is 10.0. The van der Waals surface area contributed by atoms with Crippen LogP contribution in [0.4, 0.5) is 42.5 Å². The topological polar surface area (TPSA) is 77.8 Å². The van der Waals surface area contributed by atoms with Gasteiger partial charge in [0.15, 0.2) is 0 Å². The number of hydrogen-bond donors (Lipinski definition) is 2. The fraction of sp³-hybridized carbons (Fsp3) is 0.167. The van der Waals surface area contributed by atoms with E-state index >= 15 is 0 Å². The number of hydrogen-bond acceptors (Lipinski definition) is 4. The molecule has 11 heteroatoms. The molecular weight excluding hydrogens is 333 g/mol. The number of anilines is 2. The number of nitrogens with zero attached hydrogens (tertiary/aromatic N) is 2. The number of alkyl halides is 6. The first-order chi connectivity index (χ1) is 10.4. The van der Waals surface area contributed by atoms with Crippen LogP contribution in [-0.4, -0.2) is 9.97 Å². The van der Waals surface area contributed by atoms with Crippen LogP contribution in [0.5, 0.6) is 0 Å². The van der Waals surface area contributed by atoms with Crippen LogP contribution in [-0.2, 0) is 12.4 Å². The third-order valence-electron chi connectivity index (χ3n) is 2.80. The normalized spacial score (nSPS) is 12.5. The van der Waals surface area contributed by atoms with Crippen molar-refractivity contribution in [1.82, 2.24) is 9.97 Å². The molecule has 1 aromatic carbocycles. The van der Waals surface area contributed by atoms with Crippen molar-refractivity contribution >= 4 is 11.8 Å². The van der Waals surface area contributed by atoms with Gasteiger partial charge in [0.2, 0.25) is 5.95 Å². The number of benzene rings is 1. The summed E-state index contributed by atoms with van der Waals surface area (Å²) in [6.45, 7) is 0. The zero-order valence-corrected chi connectivity index (χ0v) is 10.9. The summed E-state index contributed by atoms with van der Waals surface area (Å²) in [5.74, 6) is -3.76. The average Bonchev–Trinajstić information content (AvgIpc) is 2.34. The monoisotopic (exact) mass is 340 g/mol. The molecule has 0 spiro atoms. The zero-order valence-electron chi connectivity index (χ0n) is 10.9. The molecule has 2 aromatic rings. The minimum Gasteiger partial charge on any atom is -0.383 e. The summed E-state index contributed by atoms with van der Waals surface area (Å²) >= 11 is 0. The molecule has 4 N–H and O–H groups in total. The van der Waals surface area contributed by atoms with Gasteiger partial charge in [-0.3, -0.25) is 0 Å². The molecule has 124 valence electrons. The number of nitrogen functional groups attached to an aromatic ring is 2. The maximum Gasteiger partial charge on any atom is 0.422 e. The Labute approximate surface area is 123 Å². The molecule has 2 rings (SSSR count). The smallest absolute Gasteiger partial charge is 0.383 e. The first kappa shape index (κ1) is 16.8. The third-order valence-corrected chi connectivity index (χ3v) is 2.80. The maximum atomic E-state index is 14.1. The first-order valence-electron chi connectivity index (χ1n) is 5.79. The lowest BCUT2D eigenvalue weighted by molar-refractivity contribution is -0.139. The number of aromatic nitrogens is 2. The van der Waals surface area contributed by atoms with Crippen molar-refractivity contribution in [1.29, 1.82) is 0 Å². The van der Waals surface area contributed by atoms with E-state index in [1.165, 1.54) is 0 Å². The lowest BCUT2D eigenvalue weighted by Crippen LogP contribution is -2.16. The van der Waals surface area contributed by atoms with Crippen LogP contribution in [0.25, 0.3) is 11.3 Å². The Morgan fingerprint density at radius 1 is 0.870 bits per heavy atom. The van der Waals surface area contributed by atoms with Crippen LogP contribution in [0.2, 0.25) is 0 Å². The van der Waals surface area contributed by atoms with Crippen LogP contribution >= 0.6 is 0 Å². The molecular formula is C12H7F7N4. The molecule has 1 aromatic heterocycles. The summed E-state index contributed by atoms with van der Waals surface area (Å²) in [5, 5.41) is 0. The molecule has 1 heterocycles. The van der Waals surface area contributed by atoms with Gasteiger partial charge in [-0.1, -0.05) is 6.07 Å². The molecule has 0 atom stereocenters. The van der Waals surface area contributed by atoms with Crippen LogP contribution in [0.15, 0.2) is 18.2 Å². The Morgan fingerprint density at radius 2 is 1.48 bits per heavy atom. The standard InChI is InChI=1S/C12H7F7N4/c13-7-4(2-1-3-5(7)11(14,15)16)8-6(12(17,18)19)9(20)23-10(21)22-8/h1-3H,(H4,20,21,22,23). The summed E-state index contributed by atoms with van der Waals surface area (Å²) in [6, 6.07) is 1.84. The molecule has 0 aliphatic carbocycles. The second-order valence-electron chi connectivity index (χ2n) is 4.35. The molecule has 0 amide bonds. The van der Waals surface area contributed by atoms with Crippen molar-refractivity contribution < 1.29 is 30.7 Å². The van der Waals surface area contributed by atoms with Gasteiger partial charge in [0.05, 0.1) is 11.3 Å². The van der Waals surface area contributed by atoms with Gasteiger partial charge in [-0.25, -0.2) is 9.37 Å². The molecule has 0 aliphatic heterocycles. The SMILES string of the molecule is Nc1nc(N)c(C(F)(F)F)c(-c2cccc(C(F)(F)F)c2F)n1. The van der Waals surface area contributed by atoms with E-state index in [0.29, 0.717) is 12.1 Å². The Balaban J connectivity index is 2.83. The minimum atomic E-state index is -5.12. The predicted molar refractivity (Wildman–Crippen MR) is 66.3 cm³/mol. The number of halogens is 7. The average molecular weight is 340 g/mol. The Kier molecular flexibility index (Phi) is 3.83. The van der Waals surface area contributed by atoms with Gasteiger partial charge in [-0.2, -0.15) is 31.3 Å². The summed E-state index contributed by atoms with van der Waals surface area (Å²) < 4.78 is 91.3. The van der Waals surface area contributed by atoms with E-state index in [1.807, 2.05) is 0 Å². The number of nitrogens with two attached hydrogens (primary N) is 2. The third kappa shape index (κ3) is 3.12. The zero-order chi connectivity index (χ0) is 17.6. The fourth-order valence-electron chi connectivity index (χ4n) is 1.90. The van der Waals surface area contributed by atoms with E-state index in [9.17, 15) is 30.7 Å². The highest BCUT2D eigenvalue weighted by molar-refractivity contribution is 5.71. The van der Waals surface area contributed by atoms with Gasteiger partial charge in [-0.15, -0.1) is 0 Å².